The molecule has 0 spiro atoms. The molecule has 0 bridgehead atoms. The van der Waals surface area contributed by atoms with E-state index in [0.29, 0.717) is 22.8 Å². The molecule has 0 heterocycles. The second-order valence-electron chi connectivity index (χ2n) is 5.48. The van der Waals surface area contributed by atoms with Crippen LogP contribution >= 0.6 is 24.0 Å². The van der Waals surface area contributed by atoms with Gasteiger partial charge in [-0.15, -0.1) is 12.4 Å². The highest BCUT2D eigenvalue weighted by Gasteiger charge is 2.26. The van der Waals surface area contributed by atoms with E-state index in [0.717, 1.165) is 19.3 Å². The lowest BCUT2D eigenvalue weighted by atomic mass is 10.00. The minimum absolute atomic E-state index is 0. The summed E-state index contributed by atoms with van der Waals surface area (Å²) in [6.07, 6.45) is 3.46. The van der Waals surface area contributed by atoms with Crippen molar-refractivity contribution < 1.29 is 9.59 Å². The van der Waals surface area contributed by atoms with Crippen molar-refractivity contribution >= 4 is 47.2 Å². The lowest BCUT2D eigenvalue weighted by Gasteiger charge is -2.15. The van der Waals surface area contributed by atoms with Crippen molar-refractivity contribution in [3.63, 3.8) is 0 Å². The lowest BCUT2D eigenvalue weighted by molar-refractivity contribution is -0.117. The third-order valence-corrected chi connectivity index (χ3v) is 4.06. The molecule has 1 aromatic rings. The van der Waals surface area contributed by atoms with Gasteiger partial charge in [0.2, 0.25) is 11.8 Å². The zero-order valence-electron chi connectivity index (χ0n) is 12.4. The zero-order valence-corrected chi connectivity index (χ0v) is 14.0. The molecule has 0 saturated heterocycles. The van der Waals surface area contributed by atoms with Crippen molar-refractivity contribution in [1.82, 2.24) is 0 Å². The molecule has 2 amide bonds. The fraction of sp³-hybridized carbons (Fsp3) is 0.467. The van der Waals surface area contributed by atoms with Crippen LogP contribution in [-0.2, 0) is 9.59 Å². The van der Waals surface area contributed by atoms with E-state index in [1.54, 1.807) is 18.2 Å². The van der Waals surface area contributed by atoms with Crippen LogP contribution in [0.2, 0.25) is 5.02 Å². The number of hydrogen-bond donors (Lipinski definition) is 3. The van der Waals surface area contributed by atoms with E-state index in [-0.39, 0.29) is 36.2 Å². The smallest absolute Gasteiger partial charge is 0.224 e. The predicted molar refractivity (Wildman–Crippen MR) is 91.6 cm³/mol. The molecule has 4 N–H and O–H groups in total. The van der Waals surface area contributed by atoms with E-state index in [2.05, 4.69) is 10.6 Å². The van der Waals surface area contributed by atoms with E-state index in [4.69, 9.17) is 17.3 Å². The second kappa shape index (κ2) is 8.36. The van der Waals surface area contributed by atoms with Gasteiger partial charge in [-0.05, 0) is 37.0 Å². The maximum Gasteiger partial charge on any atom is 0.224 e. The summed E-state index contributed by atoms with van der Waals surface area (Å²) in [6, 6.07) is 5.09. The van der Waals surface area contributed by atoms with Crippen molar-refractivity contribution in [2.45, 2.75) is 38.6 Å². The van der Waals surface area contributed by atoms with E-state index in [9.17, 15) is 9.59 Å². The van der Waals surface area contributed by atoms with Gasteiger partial charge in [0.25, 0.3) is 0 Å². The molecule has 7 heteroatoms. The summed E-state index contributed by atoms with van der Waals surface area (Å²) in [5.74, 6) is -0.0342. The maximum atomic E-state index is 12.1. The van der Waals surface area contributed by atoms with Gasteiger partial charge in [0.15, 0.2) is 0 Å². The van der Waals surface area contributed by atoms with E-state index in [1.165, 1.54) is 6.92 Å². The number of rotatable bonds is 4. The molecule has 0 aromatic heterocycles. The largest absolute Gasteiger partial charge is 0.327 e. The van der Waals surface area contributed by atoms with Gasteiger partial charge in [-0.2, -0.15) is 0 Å². The molecule has 22 heavy (non-hydrogen) atoms. The number of amides is 2. The van der Waals surface area contributed by atoms with Gasteiger partial charge in [-0.3, -0.25) is 9.59 Å². The normalized spacial score (nSPS) is 20.1. The van der Waals surface area contributed by atoms with Gasteiger partial charge < -0.3 is 16.4 Å². The number of nitrogens with one attached hydrogen (secondary N) is 2. The Kier molecular flexibility index (Phi) is 7.13. The molecule has 0 radical (unpaired) electrons. The zero-order chi connectivity index (χ0) is 15.4. The van der Waals surface area contributed by atoms with E-state index in [1.807, 2.05) is 0 Å². The first-order valence-corrected chi connectivity index (χ1v) is 7.46. The van der Waals surface area contributed by atoms with Gasteiger partial charge in [-0.1, -0.05) is 18.0 Å². The molecule has 1 saturated carbocycles. The Bertz CT molecular complexity index is 552. The predicted octanol–water partition coefficient (Wildman–Crippen LogP) is 3.18. The summed E-state index contributed by atoms with van der Waals surface area (Å²) in [7, 11) is 0. The minimum atomic E-state index is -0.175. The quantitative estimate of drug-likeness (QED) is 0.783. The van der Waals surface area contributed by atoms with Crippen molar-refractivity contribution in [2.24, 2.45) is 11.7 Å². The molecule has 1 fully saturated rings. The standard InChI is InChI=1S/C15H20ClN3O2.ClH/c1-9(20)18-11-5-6-12(16)14(8-11)19-15(21)7-10-3-2-4-13(10)17;/h5-6,8,10,13H,2-4,7,17H2,1H3,(H,18,20)(H,19,21);1H/t10-,13+;/m0./s1. The molecule has 5 nitrogen and oxygen atoms in total. The molecule has 1 aliphatic carbocycles. The van der Waals surface area contributed by atoms with Crippen LogP contribution in [0.3, 0.4) is 0 Å². The summed E-state index contributed by atoms with van der Waals surface area (Å²) in [5.41, 5.74) is 7.07. The molecule has 1 aliphatic rings. The Morgan fingerprint density at radius 1 is 1.32 bits per heavy atom. The number of anilines is 2. The highest BCUT2D eigenvalue weighted by molar-refractivity contribution is 6.33. The second-order valence-corrected chi connectivity index (χ2v) is 5.89. The molecule has 0 unspecified atom stereocenters. The molecule has 2 rings (SSSR count). The summed E-state index contributed by atoms with van der Waals surface area (Å²) in [5, 5.41) is 5.89. The SMILES string of the molecule is CC(=O)Nc1ccc(Cl)c(NC(=O)C[C@@H]2CCC[C@H]2N)c1.Cl. The highest BCUT2D eigenvalue weighted by Crippen LogP contribution is 2.29. The van der Waals surface area contributed by atoms with Gasteiger partial charge in [0.05, 0.1) is 10.7 Å². The average molecular weight is 346 g/mol. The first kappa shape index (κ1) is 18.7. The number of hydrogen-bond acceptors (Lipinski definition) is 3. The fourth-order valence-electron chi connectivity index (χ4n) is 2.66. The Labute approximate surface area is 141 Å². The number of benzene rings is 1. The van der Waals surface area contributed by atoms with Crippen molar-refractivity contribution in [3.8, 4) is 0 Å². The van der Waals surface area contributed by atoms with Crippen LogP contribution in [0, 0.1) is 5.92 Å². The summed E-state index contributed by atoms with van der Waals surface area (Å²) in [6.45, 7) is 1.42. The Hall–Kier alpha value is -1.30. The van der Waals surface area contributed by atoms with Crippen LogP contribution in [0.5, 0.6) is 0 Å². The Balaban J connectivity index is 0.00000242. The number of halogens is 2. The molecular weight excluding hydrogens is 325 g/mol. The van der Waals surface area contributed by atoms with Crippen LogP contribution in [0.4, 0.5) is 11.4 Å². The maximum absolute atomic E-state index is 12.1. The number of carbonyl (C=O) groups is 2. The van der Waals surface area contributed by atoms with Crippen molar-refractivity contribution in [1.29, 1.82) is 0 Å². The molecule has 1 aromatic carbocycles. The Morgan fingerprint density at radius 2 is 2.05 bits per heavy atom. The van der Waals surface area contributed by atoms with E-state index < -0.39 is 0 Å². The van der Waals surface area contributed by atoms with Gasteiger partial charge in [0.1, 0.15) is 0 Å². The molecule has 2 atom stereocenters. The highest BCUT2D eigenvalue weighted by atomic mass is 35.5. The number of carbonyl (C=O) groups excluding carboxylic acids is 2. The van der Waals surface area contributed by atoms with Gasteiger partial charge in [-0.25, -0.2) is 0 Å². The molecular formula is C15H21Cl2N3O2. The minimum Gasteiger partial charge on any atom is -0.327 e. The van der Waals surface area contributed by atoms with Crippen LogP contribution in [0.15, 0.2) is 18.2 Å². The average Bonchev–Trinajstić information content (AvgIpc) is 2.78. The third-order valence-electron chi connectivity index (χ3n) is 3.73. The topological polar surface area (TPSA) is 84.2 Å². The van der Waals surface area contributed by atoms with Crippen LogP contribution in [0.1, 0.15) is 32.6 Å². The van der Waals surface area contributed by atoms with Gasteiger partial charge >= 0.3 is 0 Å². The number of nitrogens with two attached hydrogens (primary N) is 1. The molecule has 0 aliphatic heterocycles. The van der Waals surface area contributed by atoms with Crippen LogP contribution in [0.25, 0.3) is 0 Å². The summed E-state index contributed by atoms with van der Waals surface area (Å²) >= 11 is 6.07. The fourth-order valence-corrected chi connectivity index (χ4v) is 2.83. The lowest BCUT2D eigenvalue weighted by Crippen LogP contribution is -2.28. The molecule has 122 valence electrons. The van der Waals surface area contributed by atoms with E-state index >= 15 is 0 Å². The Morgan fingerprint density at radius 3 is 2.64 bits per heavy atom. The summed E-state index contributed by atoms with van der Waals surface area (Å²) < 4.78 is 0. The van der Waals surface area contributed by atoms with Crippen LogP contribution in [-0.4, -0.2) is 17.9 Å². The summed E-state index contributed by atoms with van der Waals surface area (Å²) in [4.78, 5) is 23.1. The van der Waals surface area contributed by atoms with Crippen LogP contribution < -0.4 is 16.4 Å². The first-order chi connectivity index (χ1) is 9.95. The van der Waals surface area contributed by atoms with Crippen molar-refractivity contribution in [3.05, 3.63) is 23.2 Å². The first-order valence-electron chi connectivity index (χ1n) is 7.08. The monoisotopic (exact) mass is 345 g/mol. The van der Waals surface area contributed by atoms with Gasteiger partial charge in [0, 0.05) is 25.1 Å². The van der Waals surface area contributed by atoms with Crippen molar-refractivity contribution in [2.75, 3.05) is 10.6 Å². The third kappa shape index (κ3) is 5.16.